The van der Waals surface area contributed by atoms with Crippen molar-refractivity contribution in [3.05, 3.63) is 12.5 Å². The van der Waals surface area contributed by atoms with Gasteiger partial charge in [0.15, 0.2) is 5.72 Å². The maximum Gasteiger partial charge on any atom is 0.410 e. The van der Waals surface area contributed by atoms with Crippen molar-refractivity contribution in [2.75, 3.05) is 6.61 Å². The third-order valence-corrected chi connectivity index (χ3v) is 6.49. The number of hydrogen-bond acceptors (Lipinski definition) is 5. The first-order chi connectivity index (χ1) is 10.7. The van der Waals surface area contributed by atoms with Crippen LogP contribution in [0.15, 0.2) is 17.6 Å². The minimum Gasteiger partial charge on any atom is -0.450 e. The molecule has 4 heterocycles. The molecule has 1 aromatic rings. The molecule has 0 saturated carbocycles. The molecule has 2 fully saturated rings. The van der Waals surface area contributed by atoms with Gasteiger partial charge in [0.05, 0.1) is 47.6 Å². The molecule has 3 aliphatic rings. The fourth-order valence-electron chi connectivity index (χ4n) is 4.31. The Morgan fingerprint density at radius 1 is 1.50 bits per heavy atom. The number of thioether (sulfide) groups is 1. The molecule has 1 aromatic heterocycles. The average Bonchev–Trinajstić information content (AvgIpc) is 3.18. The van der Waals surface area contributed by atoms with Crippen LogP contribution in [0.3, 0.4) is 0 Å². The molecule has 5 atom stereocenters. The minimum atomic E-state index is -0.495. The van der Waals surface area contributed by atoms with E-state index >= 15 is 0 Å². The first kappa shape index (κ1) is 14.4. The molecular formula is C15H21N3O3S. The largest absolute Gasteiger partial charge is 0.450 e. The lowest BCUT2D eigenvalue weighted by atomic mass is 9.99. The molecule has 7 heteroatoms. The van der Waals surface area contributed by atoms with Crippen LogP contribution in [0.4, 0.5) is 4.79 Å². The third-order valence-electron chi connectivity index (χ3n) is 5.15. The number of ether oxygens (including phenoxy) is 2. The van der Waals surface area contributed by atoms with E-state index in [1.807, 2.05) is 24.3 Å². The Labute approximate surface area is 134 Å². The summed E-state index contributed by atoms with van der Waals surface area (Å²) in [5.41, 5.74) is -0.495. The first-order valence-electron chi connectivity index (χ1n) is 8.00. The van der Waals surface area contributed by atoms with Crippen molar-refractivity contribution >= 4 is 17.9 Å². The maximum atomic E-state index is 12.6. The van der Waals surface area contributed by atoms with Crippen LogP contribution in [-0.2, 0) is 15.2 Å². The molecule has 2 saturated heterocycles. The van der Waals surface area contributed by atoms with E-state index in [4.69, 9.17) is 9.47 Å². The van der Waals surface area contributed by atoms with E-state index in [2.05, 4.69) is 23.4 Å². The van der Waals surface area contributed by atoms with Gasteiger partial charge >= 0.3 is 6.09 Å². The van der Waals surface area contributed by atoms with E-state index in [1.165, 1.54) is 0 Å². The van der Waals surface area contributed by atoms with Gasteiger partial charge in [0, 0.05) is 0 Å². The Hall–Kier alpha value is -1.21. The van der Waals surface area contributed by atoms with Gasteiger partial charge in [-0.3, -0.25) is 9.47 Å². The van der Waals surface area contributed by atoms with E-state index < -0.39 is 5.72 Å². The lowest BCUT2D eigenvalue weighted by Crippen LogP contribution is -2.60. The highest BCUT2D eigenvalue weighted by Crippen LogP contribution is 2.58. The van der Waals surface area contributed by atoms with Crippen molar-refractivity contribution in [3.63, 3.8) is 0 Å². The number of carbonyl (C=O) groups is 1. The Morgan fingerprint density at radius 3 is 3.00 bits per heavy atom. The molecule has 22 heavy (non-hydrogen) atoms. The maximum absolute atomic E-state index is 12.6. The molecule has 5 unspecified atom stereocenters. The summed E-state index contributed by atoms with van der Waals surface area (Å²) in [5, 5.41) is 1.39. The highest BCUT2D eigenvalue weighted by Gasteiger charge is 2.70. The molecule has 1 amide bonds. The van der Waals surface area contributed by atoms with Gasteiger partial charge in [-0.1, -0.05) is 25.6 Å². The average molecular weight is 323 g/mol. The second kappa shape index (κ2) is 4.89. The van der Waals surface area contributed by atoms with Crippen molar-refractivity contribution in [2.24, 2.45) is 0 Å². The summed E-state index contributed by atoms with van der Waals surface area (Å²) < 4.78 is 14.0. The SMILES string of the molecule is CCOC(=O)N1C(CC)C2OC3(CC)C1C2Sc1cncn13. The number of rotatable bonds is 3. The molecule has 4 rings (SSSR count). The Balaban J connectivity index is 1.80. The summed E-state index contributed by atoms with van der Waals surface area (Å²) in [7, 11) is 0. The normalized spacial score (nSPS) is 38.2. The number of imidazole rings is 1. The summed E-state index contributed by atoms with van der Waals surface area (Å²) in [6.45, 7) is 6.47. The highest BCUT2D eigenvalue weighted by molar-refractivity contribution is 8.00. The second-order valence-electron chi connectivity index (χ2n) is 5.99. The Morgan fingerprint density at radius 2 is 2.32 bits per heavy atom. The smallest absolute Gasteiger partial charge is 0.410 e. The number of nitrogens with zero attached hydrogens (tertiary/aromatic N) is 3. The minimum absolute atomic E-state index is 0.0122. The molecule has 0 radical (unpaired) electrons. The van der Waals surface area contributed by atoms with Crippen LogP contribution >= 0.6 is 11.8 Å². The van der Waals surface area contributed by atoms with Crippen LogP contribution in [-0.4, -0.2) is 50.6 Å². The van der Waals surface area contributed by atoms with Crippen LogP contribution in [0.2, 0.25) is 0 Å². The van der Waals surface area contributed by atoms with Crippen LogP contribution in [0, 0.1) is 0 Å². The first-order valence-corrected chi connectivity index (χ1v) is 8.88. The van der Waals surface area contributed by atoms with Crippen molar-refractivity contribution in [2.45, 2.75) is 67.8 Å². The van der Waals surface area contributed by atoms with Crippen LogP contribution in [0.25, 0.3) is 0 Å². The Kier molecular flexibility index (Phi) is 3.20. The van der Waals surface area contributed by atoms with E-state index in [0.717, 1.165) is 17.9 Å². The summed E-state index contributed by atoms with van der Waals surface area (Å²) in [5.74, 6) is 0. The van der Waals surface area contributed by atoms with Gasteiger partial charge in [0.1, 0.15) is 0 Å². The zero-order valence-electron chi connectivity index (χ0n) is 13.1. The highest BCUT2D eigenvalue weighted by atomic mass is 32.2. The fraction of sp³-hybridized carbons (Fsp3) is 0.733. The second-order valence-corrected chi connectivity index (χ2v) is 7.19. The van der Waals surface area contributed by atoms with Gasteiger partial charge in [0.2, 0.25) is 0 Å². The summed E-state index contributed by atoms with van der Waals surface area (Å²) in [4.78, 5) is 18.8. The zero-order chi connectivity index (χ0) is 15.5. The number of fused-ring (bicyclic) bond motifs is 2. The topological polar surface area (TPSA) is 56.6 Å². The number of aromatic nitrogens is 2. The molecule has 6 nitrogen and oxygen atoms in total. The summed E-state index contributed by atoms with van der Waals surface area (Å²) >= 11 is 1.78. The Bertz CT molecular complexity index is 607. The number of amides is 1. The third kappa shape index (κ3) is 1.56. The van der Waals surface area contributed by atoms with Crippen LogP contribution in [0.1, 0.15) is 33.6 Å². The quantitative estimate of drug-likeness (QED) is 0.855. The van der Waals surface area contributed by atoms with Gasteiger partial charge in [0.25, 0.3) is 0 Å². The zero-order valence-corrected chi connectivity index (χ0v) is 13.9. The van der Waals surface area contributed by atoms with Gasteiger partial charge in [-0.15, -0.1) is 0 Å². The fourth-order valence-corrected chi connectivity index (χ4v) is 5.87. The molecule has 0 N–H and O–H groups in total. The van der Waals surface area contributed by atoms with Crippen molar-refractivity contribution in [1.29, 1.82) is 0 Å². The van der Waals surface area contributed by atoms with Crippen LogP contribution in [0.5, 0.6) is 0 Å². The van der Waals surface area contributed by atoms with E-state index in [-0.39, 0.29) is 29.5 Å². The molecule has 0 spiro atoms. The monoisotopic (exact) mass is 323 g/mol. The van der Waals surface area contributed by atoms with Gasteiger partial charge < -0.3 is 9.47 Å². The lowest BCUT2D eigenvalue weighted by molar-refractivity contribution is -0.183. The van der Waals surface area contributed by atoms with E-state index in [0.29, 0.717) is 6.61 Å². The standard InChI is InChI=1S/C15H21N3O3S/c1-4-9-11-12-13(18(9)14(19)20-6-3)15(5-2,21-11)17-8-16-7-10(17)22-12/h7-9,11-13H,4-6H2,1-3H3. The number of carbonyl (C=O) groups excluding carboxylic acids is 1. The number of morpholine rings is 1. The molecule has 0 aliphatic carbocycles. The molecular weight excluding hydrogens is 302 g/mol. The van der Waals surface area contributed by atoms with Gasteiger partial charge in [-0.05, 0) is 19.8 Å². The predicted octanol–water partition coefficient (Wildman–Crippen LogP) is 2.44. The van der Waals surface area contributed by atoms with Crippen LogP contribution < -0.4 is 0 Å². The molecule has 0 aromatic carbocycles. The number of hydrogen-bond donors (Lipinski definition) is 0. The summed E-state index contributed by atoms with van der Waals surface area (Å²) in [6.07, 6.45) is 5.25. The molecule has 4 bridgehead atoms. The summed E-state index contributed by atoms with van der Waals surface area (Å²) in [6, 6.07) is 0.108. The van der Waals surface area contributed by atoms with E-state index in [9.17, 15) is 4.79 Å². The van der Waals surface area contributed by atoms with Gasteiger partial charge in [-0.2, -0.15) is 0 Å². The predicted molar refractivity (Wildman–Crippen MR) is 81.7 cm³/mol. The van der Waals surface area contributed by atoms with E-state index in [1.54, 1.807) is 11.8 Å². The van der Waals surface area contributed by atoms with Crippen molar-refractivity contribution in [3.8, 4) is 0 Å². The number of likely N-dealkylation sites (tertiary alicyclic amines) is 1. The van der Waals surface area contributed by atoms with Gasteiger partial charge in [-0.25, -0.2) is 9.78 Å². The molecule has 120 valence electrons. The lowest BCUT2D eigenvalue weighted by Gasteiger charge is -2.47. The molecule has 3 aliphatic heterocycles. The van der Waals surface area contributed by atoms with Crippen molar-refractivity contribution in [1.82, 2.24) is 14.5 Å². The van der Waals surface area contributed by atoms with Crippen molar-refractivity contribution < 1.29 is 14.3 Å².